The molecule has 0 spiro atoms. The summed E-state index contributed by atoms with van der Waals surface area (Å²) in [7, 11) is 0. The molecule has 0 aliphatic rings. The summed E-state index contributed by atoms with van der Waals surface area (Å²) in [5, 5.41) is 11.7. The number of rotatable bonds is 8. The minimum Gasteiger partial charge on any atom is -0.481 e. The van der Waals surface area contributed by atoms with Crippen LogP contribution in [-0.2, 0) is 4.79 Å². The van der Waals surface area contributed by atoms with Gasteiger partial charge in [-0.15, -0.1) is 12.3 Å². The lowest BCUT2D eigenvalue weighted by Crippen LogP contribution is -2.27. The third-order valence-electron chi connectivity index (χ3n) is 2.03. The SMILES string of the molecule is C#CCCCCNC(C)CCC(=O)O. The number of carbonyl (C=O) groups is 1. The number of hydrogen-bond acceptors (Lipinski definition) is 2. The van der Waals surface area contributed by atoms with Crippen LogP contribution in [0.15, 0.2) is 0 Å². The molecule has 0 bridgehead atoms. The highest BCUT2D eigenvalue weighted by atomic mass is 16.4. The Kier molecular flexibility index (Phi) is 7.96. The minimum atomic E-state index is -0.731. The molecular formula is C11H19NO2. The Morgan fingerprint density at radius 2 is 2.29 bits per heavy atom. The summed E-state index contributed by atoms with van der Waals surface area (Å²) < 4.78 is 0. The molecule has 2 N–H and O–H groups in total. The maximum Gasteiger partial charge on any atom is 0.303 e. The summed E-state index contributed by atoms with van der Waals surface area (Å²) >= 11 is 0. The summed E-state index contributed by atoms with van der Waals surface area (Å²) in [6.07, 6.45) is 8.95. The van der Waals surface area contributed by atoms with E-state index in [1.54, 1.807) is 0 Å². The second-order valence-electron chi connectivity index (χ2n) is 3.45. The lowest BCUT2D eigenvalue weighted by Gasteiger charge is -2.11. The van der Waals surface area contributed by atoms with Gasteiger partial charge >= 0.3 is 5.97 Å². The highest BCUT2D eigenvalue weighted by Crippen LogP contribution is 1.97. The lowest BCUT2D eigenvalue weighted by molar-refractivity contribution is -0.137. The quantitative estimate of drug-likeness (QED) is 0.459. The van der Waals surface area contributed by atoms with E-state index in [2.05, 4.69) is 11.2 Å². The number of aliphatic carboxylic acids is 1. The number of carboxylic acids is 1. The summed E-state index contributed by atoms with van der Waals surface area (Å²) in [4.78, 5) is 10.3. The van der Waals surface area contributed by atoms with Crippen LogP contribution in [0.3, 0.4) is 0 Å². The van der Waals surface area contributed by atoms with Crippen LogP contribution in [0.4, 0.5) is 0 Å². The van der Waals surface area contributed by atoms with Crippen LogP contribution in [0.25, 0.3) is 0 Å². The molecule has 0 radical (unpaired) electrons. The van der Waals surface area contributed by atoms with Gasteiger partial charge in [-0.25, -0.2) is 0 Å². The zero-order chi connectivity index (χ0) is 10.8. The number of carboxylic acid groups (broad SMARTS) is 1. The first-order chi connectivity index (χ1) is 6.66. The lowest BCUT2D eigenvalue weighted by atomic mass is 10.1. The molecule has 0 aromatic carbocycles. The molecule has 0 saturated heterocycles. The van der Waals surface area contributed by atoms with Crippen LogP contribution in [0.2, 0.25) is 0 Å². The van der Waals surface area contributed by atoms with Crippen molar-refractivity contribution in [3.8, 4) is 12.3 Å². The first kappa shape index (κ1) is 13.0. The zero-order valence-electron chi connectivity index (χ0n) is 8.75. The second kappa shape index (κ2) is 8.58. The zero-order valence-corrected chi connectivity index (χ0v) is 8.75. The first-order valence-electron chi connectivity index (χ1n) is 5.05. The molecule has 1 atom stereocenters. The van der Waals surface area contributed by atoms with E-state index >= 15 is 0 Å². The van der Waals surface area contributed by atoms with Crippen molar-refractivity contribution >= 4 is 5.97 Å². The Bertz CT molecular complexity index is 196. The van der Waals surface area contributed by atoms with E-state index in [0.29, 0.717) is 6.42 Å². The van der Waals surface area contributed by atoms with Crippen LogP contribution >= 0.6 is 0 Å². The molecule has 0 aliphatic heterocycles. The molecule has 0 aromatic heterocycles. The molecule has 0 saturated carbocycles. The van der Waals surface area contributed by atoms with Crippen molar-refractivity contribution in [2.75, 3.05) is 6.54 Å². The van der Waals surface area contributed by atoms with Crippen molar-refractivity contribution in [3.63, 3.8) is 0 Å². The van der Waals surface area contributed by atoms with Gasteiger partial charge in [0.15, 0.2) is 0 Å². The Labute approximate surface area is 85.9 Å². The van der Waals surface area contributed by atoms with Crippen LogP contribution < -0.4 is 5.32 Å². The summed E-state index contributed by atoms with van der Waals surface area (Å²) in [6.45, 7) is 2.92. The topological polar surface area (TPSA) is 49.3 Å². The highest BCUT2D eigenvalue weighted by Gasteiger charge is 2.03. The van der Waals surface area contributed by atoms with Crippen molar-refractivity contribution in [2.45, 2.75) is 45.1 Å². The molecule has 0 fully saturated rings. The first-order valence-corrected chi connectivity index (χ1v) is 5.05. The van der Waals surface area contributed by atoms with Gasteiger partial charge in [-0.1, -0.05) is 0 Å². The number of nitrogens with one attached hydrogen (secondary N) is 1. The van der Waals surface area contributed by atoms with Crippen molar-refractivity contribution < 1.29 is 9.90 Å². The predicted octanol–water partition coefficient (Wildman–Crippen LogP) is 1.63. The molecule has 0 heterocycles. The van der Waals surface area contributed by atoms with E-state index in [1.165, 1.54) is 0 Å². The van der Waals surface area contributed by atoms with Crippen molar-refractivity contribution in [2.24, 2.45) is 0 Å². The van der Waals surface area contributed by atoms with Crippen LogP contribution in [0, 0.1) is 12.3 Å². The maximum absolute atomic E-state index is 10.3. The van der Waals surface area contributed by atoms with E-state index in [-0.39, 0.29) is 12.5 Å². The van der Waals surface area contributed by atoms with Gasteiger partial charge in [-0.05, 0) is 32.7 Å². The maximum atomic E-state index is 10.3. The van der Waals surface area contributed by atoms with E-state index in [4.69, 9.17) is 11.5 Å². The van der Waals surface area contributed by atoms with Crippen molar-refractivity contribution in [1.82, 2.24) is 5.32 Å². The molecule has 0 aliphatic carbocycles. The van der Waals surface area contributed by atoms with Crippen molar-refractivity contribution in [3.05, 3.63) is 0 Å². The Hall–Kier alpha value is -1.01. The third-order valence-corrected chi connectivity index (χ3v) is 2.03. The molecule has 3 heteroatoms. The number of unbranched alkanes of at least 4 members (excludes halogenated alkanes) is 2. The second-order valence-corrected chi connectivity index (χ2v) is 3.45. The Morgan fingerprint density at radius 3 is 2.86 bits per heavy atom. The molecule has 0 amide bonds. The van der Waals surface area contributed by atoms with Gasteiger partial charge in [-0.2, -0.15) is 0 Å². The van der Waals surface area contributed by atoms with Gasteiger partial charge in [0.1, 0.15) is 0 Å². The molecule has 80 valence electrons. The molecular weight excluding hydrogens is 178 g/mol. The van der Waals surface area contributed by atoms with E-state index in [9.17, 15) is 4.79 Å². The van der Waals surface area contributed by atoms with Gasteiger partial charge < -0.3 is 10.4 Å². The molecule has 0 aromatic rings. The molecule has 14 heavy (non-hydrogen) atoms. The molecule has 3 nitrogen and oxygen atoms in total. The Balaban J connectivity index is 3.23. The number of hydrogen-bond donors (Lipinski definition) is 2. The average Bonchev–Trinajstić information content (AvgIpc) is 2.14. The normalized spacial score (nSPS) is 12.0. The summed E-state index contributed by atoms with van der Waals surface area (Å²) in [5.74, 6) is 1.86. The van der Waals surface area contributed by atoms with Gasteiger partial charge in [0.2, 0.25) is 0 Å². The highest BCUT2D eigenvalue weighted by molar-refractivity contribution is 5.66. The average molecular weight is 197 g/mol. The fourth-order valence-electron chi connectivity index (χ4n) is 1.14. The standard InChI is InChI=1S/C11H19NO2/c1-3-4-5-6-9-12-10(2)7-8-11(13)14/h1,10,12H,4-9H2,2H3,(H,13,14). The van der Waals surface area contributed by atoms with Crippen molar-refractivity contribution in [1.29, 1.82) is 0 Å². The van der Waals surface area contributed by atoms with E-state index < -0.39 is 5.97 Å². The van der Waals surface area contributed by atoms with E-state index in [1.807, 2.05) is 6.92 Å². The van der Waals surface area contributed by atoms with Crippen LogP contribution in [0.1, 0.15) is 39.0 Å². The van der Waals surface area contributed by atoms with Gasteiger partial charge in [0.25, 0.3) is 0 Å². The molecule has 1 unspecified atom stereocenters. The largest absolute Gasteiger partial charge is 0.481 e. The minimum absolute atomic E-state index is 0.235. The number of terminal acetylenes is 1. The van der Waals surface area contributed by atoms with Gasteiger partial charge in [-0.3, -0.25) is 4.79 Å². The smallest absolute Gasteiger partial charge is 0.303 e. The fourth-order valence-corrected chi connectivity index (χ4v) is 1.14. The summed E-state index contributed by atoms with van der Waals surface area (Å²) in [6, 6.07) is 0.275. The van der Waals surface area contributed by atoms with Crippen LogP contribution in [0.5, 0.6) is 0 Å². The predicted molar refractivity (Wildman–Crippen MR) is 57.0 cm³/mol. The summed E-state index contributed by atoms with van der Waals surface area (Å²) in [5.41, 5.74) is 0. The molecule has 0 rings (SSSR count). The van der Waals surface area contributed by atoms with E-state index in [0.717, 1.165) is 25.8 Å². The monoisotopic (exact) mass is 197 g/mol. The van der Waals surface area contributed by atoms with Gasteiger partial charge in [0, 0.05) is 18.9 Å². The third kappa shape index (κ3) is 9.08. The van der Waals surface area contributed by atoms with Gasteiger partial charge in [0.05, 0.1) is 0 Å². The fraction of sp³-hybridized carbons (Fsp3) is 0.727. The van der Waals surface area contributed by atoms with Crippen LogP contribution in [-0.4, -0.2) is 23.7 Å². The Morgan fingerprint density at radius 1 is 1.57 bits per heavy atom.